The van der Waals surface area contributed by atoms with Crippen LogP contribution in [0.15, 0.2) is 34.7 Å². The third-order valence-corrected chi connectivity index (χ3v) is 4.87. The molecule has 2 heterocycles. The fraction of sp³-hybridized carbons (Fsp3) is 0.174. The second kappa shape index (κ2) is 7.31. The van der Waals surface area contributed by atoms with Crippen LogP contribution in [0, 0.1) is 61.7 Å². The molecule has 0 aliphatic heterocycles. The van der Waals surface area contributed by atoms with E-state index in [2.05, 4.69) is 18.2 Å². The first-order valence-corrected chi connectivity index (χ1v) is 8.73. The molecule has 0 saturated carbocycles. The second-order valence-corrected chi connectivity index (χ2v) is 6.60. The van der Waals surface area contributed by atoms with Gasteiger partial charge < -0.3 is 4.42 Å². The van der Waals surface area contributed by atoms with Gasteiger partial charge in [0.05, 0.1) is 23.3 Å². The fourth-order valence-electron chi connectivity index (χ4n) is 3.24. The first-order chi connectivity index (χ1) is 13.4. The Kier molecular flexibility index (Phi) is 4.90. The number of nitrogens with zero attached hydrogens (tertiary/aromatic N) is 4. The van der Waals surface area contributed by atoms with Gasteiger partial charge in [0.25, 0.3) is 0 Å². The van der Waals surface area contributed by atoms with E-state index in [1.165, 1.54) is 0 Å². The van der Waals surface area contributed by atoms with E-state index in [4.69, 9.17) is 9.68 Å². The molecule has 2 aromatic heterocycles. The van der Waals surface area contributed by atoms with Crippen molar-refractivity contribution in [2.75, 3.05) is 0 Å². The van der Waals surface area contributed by atoms with Crippen LogP contribution in [0.1, 0.15) is 45.0 Å². The van der Waals surface area contributed by atoms with Crippen LogP contribution >= 0.6 is 0 Å². The monoisotopic (exact) mass is 366 g/mol. The Morgan fingerprint density at radius 3 is 2.43 bits per heavy atom. The third-order valence-electron chi connectivity index (χ3n) is 4.87. The first-order valence-electron chi connectivity index (χ1n) is 8.73. The Balaban J connectivity index is 2.16. The van der Waals surface area contributed by atoms with Crippen LogP contribution in [-0.2, 0) is 0 Å². The number of allylic oxidation sites excluding steroid dienone is 1. The maximum Gasteiger partial charge on any atom is 0.222 e. The van der Waals surface area contributed by atoms with Crippen molar-refractivity contribution in [2.45, 2.75) is 27.7 Å². The molecular formula is C23H18N4O. The molecule has 0 aliphatic carbocycles. The number of rotatable bonds is 3. The standard InChI is InChI=1S/C23H18N4O/c1-14-8-20(10-21(12-25)19-7-5-6-18(9-19)11-24)16(3)27(14)23-22(13-26)15(2)17(4)28-23/h5-10H,1-4H3. The minimum absolute atomic E-state index is 0.463. The van der Waals surface area contributed by atoms with Crippen molar-refractivity contribution in [3.05, 3.63) is 75.3 Å². The Hall–Kier alpha value is -4.01. The molecule has 0 bridgehead atoms. The minimum Gasteiger partial charge on any atom is -0.443 e. The number of aromatic nitrogens is 1. The van der Waals surface area contributed by atoms with Crippen LogP contribution in [-0.4, -0.2) is 4.57 Å². The summed E-state index contributed by atoms with van der Waals surface area (Å²) in [4.78, 5) is 0. The lowest BCUT2D eigenvalue weighted by atomic mass is 10.0. The normalized spacial score (nSPS) is 11.0. The molecule has 0 N–H and O–H groups in total. The summed E-state index contributed by atoms with van der Waals surface area (Å²) in [6.07, 6.45) is 1.80. The quantitative estimate of drug-likeness (QED) is 0.602. The maximum atomic E-state index is 9.64. The van der Waals surface area contributed by atoms with Crippen molar-refractivity contribution >= 4 is 11.6 Å². The molecule has 1 aromatic carbocycles. The predicted molar refractivity (Wildman–Crippen MR) is 106 cm³/mol. The van der Waals surface area contributed by atoms with E-state index in [1.807, 2.05) is 44.4 Å². The Labute approximate surface area is 164 Å². The predicted octanol–water partition coefficient (Wildman–Crippen LogP) is 5.11. The lowest BCUT2D eigenvalue weighted by molar-refractivity contribution is 0.503. The highest BCUT2D eigenvalue weighted by Crippen LogP contribution is 2.30. The van der Waals surface area contributed by atoms with E-state index in [1.54, 1.807) is 24.3 Å². The van der Waals surface area contributed by atoms with Gasteiger partial charge >= 0.3 is 0 Å². The zero-order valence-electron chi connectivity index (χ0n) is 16.2. The van der Waals surface area contributed by atoms with Crippen LogP contribution < -0.4 is 0 Å². The van der Waals surface area contributed by atoms with Crippen LogP contribution in [0.4, 0.5) is 0 Å². The molecule has 0 unspecified atom stereocenters. The van der Waals surface area contributed by atoms with Crippen LogP contribution in [0.25, 0.3) is 17.5 Å². The van der Waals surface area contributed by atoms with Crippen molar-refractivity contribution in [1.29, 1.82) is 15.8 Å². The van der Waals surface area contributed by atoms with Gasteiger partial charge in [-0.05, 0) is 63.1 Å². The lowest BCUT2D eigenvalue weighted by Crippen LogP contribution is -2.00. The SMILES string of the molecule is Cc1oc(-n2c(C)cc(C=C(C#N)c3cccc(C#N)c3)c2C)c(C#N)c1C. The fourth-order valence-corrected chi connectivity index (χ4v) is 3.24. The van der Waals surface area contributed by atoms with Gasteiger partial charge in [0.15, 0.2) is 0 Å². The number of hydrogen-bond donors (Lipinski definition) is 0. The van der Waals surface area contributed by atoms with Gasteiger partial charge in [0.1, 0.15) is 17.4 Å². The molecule has 3 aromatic rings. The van der Waals surface area contributed by atoms with E-state index < -0.39 is 0 Å². The molecule has 0 atom stereocenters. The first kappa shape index (κ1) is 18.8. The summed E-state index contributed by atoms with van der Waals surface area (Å²) in [5.41, 5.74) is 5.61. The Morgan fingerprint density at radius 1 is 1.04 bits per heavy atom. The molecule has 5 nitrogen and oxygen atoms in total. The van der Waals surface area contributed by atoms with E-state index in [0.29, 0.717) is 33.9 Å². The molecule has 5 heteroatoms. The summed E-state index contributed by atoms with van der Waals surface area (Å²) in [5.74, 6) is 1.21. The summed E-state index contributed by atoms with van der Waals surface area (Å²) in [6.45, 7) is 7.56. The summed E-state index contributed by atoms with van der Waals surface area (Å²) < 4.78 is 7.76. The van der Waals surface area contributed by atoms with Gasteiger partial charge in [0, 0.05) is 17.0 Å². The highest BCUT2D eigenvalue weighted by Gasteiger charge is 2.20. The summed E-state index contributed by atoms with van der Waals surface area (Å²) in [5, 5.41) is 28.3. The van der Waals surface area contributed by atoms with E-state index in [0.717, 1.165) is 22.5 Å². The van der Waals surface area contributed by atoms with Crippen molar-refractivity contribution < 1.29 is 4.42 Å². The molecule has 0 fully saturated rings. The number of furan rings is 1. The van der Waals surface area contributed by atoms with Crippen molar-refractivity contribution in [2.24, 2.45) is 0 Å². The van der Waals surface area contributed by atoms with E-state index in [9.17, 15) is 10.5 Å². The molecule has 0 amide bonds. The molecule has 28 heavy (non-hydrogen) atoms. The van der Waals surface area contributed by atoms with Gasteiger partial charge in [-0.15, -0.1) is 0 Å². The average molecular weight is 366 g/mol. The van der Waals surface area contributed by atoms with Crippen molar-refractivity contribution in [1.82, 2.24) is 4.57 Å². The molecule has 0 radical (unpaired) electrons. The number of nitriles is 3. The summed E-state index contributed by atoms with van der Waals surface area (Å²) >= 11 is 0. The Morgan fingerprint density at radius 2 is 1.79 bits per heavy atom. The van der Waals surface area contributed by atoms with Crippen molar-refractivity contribution in [3.63, 3.8) is 0 Å². The second-order valence-electron chi connectivity index (χ2n) is 6.60. The number of benzene rings is 1. The van der Waals surface area contributed by atoms with Crippen molar-refractivity contribution in [3.8, 4) is 24.1 Å². The van der Waals surface area contributed by atoms with Crippen LogP contribution in [0.3, 0.4) is 0 Å². The topological polar surface area (TPSA) is 89.4 Å². The third kappa shape index (κ3) is 3.09. The maximum absolute atomic E-state index is 9.64. The Bertz CT molecular complexity index is 1230. The molecular weight excluding hydrogens is 348 g/mol. The smallest absolute Gasteiger partial charge is 0.222 e. The average Bonchev–Trinajstić information content (AvgIpc) is 3.13. The highest BCUT2D eigenvalue weighted by molar-refractivity contribution is 5.90. The lowest BCUT2D eigenvalue weighted by Gasteiger charge is -2.07. The van der Waals surface area contributed by atoms with Gasteiger partial charge in [-0.1, -0.05) is 12.1 Å². The molecule has 3 rings (SSSR count). The largest absolute Gasteiger partial charge is 0.443 e. The number of aryl methyl sites for hydroxylation is 2. The van der Waals surface area contributed by atoms with Gasteiger partial charge in [-0.3, -0.25) is 4.57 Å². The van der Waals surface area contributed by atoms with Crippen LogP contribution in [0.2, 0.25) is 0 Å². The molecule has 0 saturated heterocycles. The minimum atomic E-state index is 0.463. The zero-order chi connectivity index (χ0) is 20.4. The zero-order valence-corrected chi connectivity index (χ0v) is 16.2. The summed E-state index contributed by atoms with van der Waals surface area (Å²) in [6, 6.07) is 15.5. The van der Waals surface area contributed by atoms with E-state index in [-0.39, 0.29) is 0 Å². The van der Waals surface area contributed by atoms with Gasteiger partial charge in [-0.25, -0.2) is 0 Å². The van der Waals surface area contributed by atoms with E-state index >= 15 is 0 Å². The summed E-state index contributed by atoms with van der Waals surface area (Å²) in [7, 11) is 0. The molecule has 0 aliphatic rings. The van der Waals surface area contributed by atoms with Gasteiger partial charge in [0.2, 0.25) is 5.88 Å². The van der Waals surface area contributed by atoms with Gasteiger partial charge in [-0.2, -0.15) is 15.8 Å². The van der Waals surface area contributed by atoms with Crippen LogP contribution in [0.5, 0.6) is 0 Å². The molecule has 0 spiro atoms. The highest BCUT2D eigenvalue weighted by atomic mass is 16.4. The molecule has 136 valence electrons. The number of hydrogen-bond acceptors (Lipinski definition) is 4.